The second-order valence-corrected chi connectivity index (χ2v) is 4.36. The molecule has 0 saturated carbocycles. The number of ether oxygens (including phenoxy) is 2. The maximum atomic E-state index is 5.81. The van der Waals surface area contributed by atoms with E-state index in [1.165, 1.54) is 0 Å². The normalized spacial score (nSPS) is 10.6. The third-order valence-electron chi connectivity index (χ3n) is 3.05. The molecular weight excluding hydrogens is 270 g/mol. The molecule has 3 rings (SSSR count). The van der Waals surface area contributed by atoms with Crippen molar-refractivity contribution in [3.63, 3.8) is 0 Å². The Labute approximate surface area is 121 Å². The molecule has 0 aliphatic rings. The Morgan fingerprint density at radius 1 is 1.24 bits per heavy atom. The number of aromatic nitrogens is 3. The van der Waals surface area contributed by atoms with Gasteiger partial charge in [0.1, 0.15) is 17.3 Å². The largest absolute Gasteiger partial charge is 0.497 e. The van der Waals surface area contributed by atoms with Gasteiger partial charge in [0.05, 0.1) is 26.1 Å². The maximum absolute atomic E-state index is 5.81. The molecule has 0 aliphatic carbocycles. The summed E-state index contributed by atoms with van der Waals surface area (Å²) in [5.74, 6) is 2.32. The molecular formula is C14H15N5O2. The van der Waals surface area contributed by atoms with E-state index in [9.17, 15) is 0 Å². The highest BCUT2D eigenvalue weighted by Crippen LogP contribution is 2.32. The number of benzene rings is 1. The third-order valence-corrected chi connectivity index (χ3v) is 3.05. The minimum Gasteiger partial charge on any atom is -0.497 e. The number of fused-ring (bicyclic) bond motifs is 1. The molecule has 21 heavy (non-hydrogen) atoms. The number of nitrogen functional groups attached to an aromatic ring is 1. The average molecular weight is 285 g/mol. The lowest BCUT2D eigenvalue weighted by atomic mass is 10.2. The summed E-state index contributed by atoms with van der Waals surface area (Å²) in [6.45, 7) is 0. The molecule has 3 aromatic rings. The zero-order valence-corrected chi connectivity index (χ0v) is 11.7. The Hall–Kier alpha value is -2.96. The molecule has 7 nitrogen and oxygen atoms in total. The first-order valence-corrected chi connectivity index (χ1v) is 6.29. The highest BCUT2D eigenvalue weighted by atomic mass is 16.5. The van der Waals surface area contributed by atoms with E-state index >= 15 is 0 Å². The van der Waals surface area contributed by atoms with Crippen LogP contribution in [0.25, 0.3) is 5.65 Å². The van der Waals surface area contributed by atoms with E-state index in [1.807, 2.05) is 18.2 Å². The second kappa shape index (κ2) is 5.20. The van der Waals surface area contributed by atoms with Crippen LogP contribution in [0.1, 0.15) is 0 Å². The van der Waals surface area contributed by atoms with Crippen LogP contribution < -0.4 is 20.5 Å². The summed E-state index contributed by atoms with van der Waals surface area (Å²) in [6.07, 6.45) is 5.20. The van der Waals surface area contributed by atoms with Gasteiger partial charge in [-0.05, 0) is 12.1 Å². The molecule has 0 bridgehead atoms. The van der Waals surface area contributed by atoms with Crippen LogP contribution in [0.15, 0.2) is 36.8 Å². The molecule has 0 unspecified atom stereocenters. The van der Waals surface area contributed by atoms with Crippen LogP contribution in [-0.4, -0.2) is 28.6 Å². The predicted octanol–water partition coefficient (Wildman–Crippen LogP) is 2.07. The summed E-state index contributed by atoms with van der Waals surface area (Å²) < 4.78 is 12.4. The predicted molar refractivity (Wildman–Crippen MR) is 80.2 cm³/mol. The van der Waals surface area contributed by atoms with E-state index < -0.39 is 0 Å². The first-order valence-electron chi connectivity index (χ1n) is 6.29. The number of anilines is 3. The smallest absolute Gasteiger partial charge is 0.180 e. The average Bonchev–Trinajstić information content (AvgIpc) is 2.95. The summed E-state index contributed by atoms with van der Waals surface area (Å²) in [5, 5.41) is 3.19. The second-order valence-electron chi connectivity index (χ2n) is 4.36. The molecule has 3 N–H and O–H groups in total. The molecule has 0 saturated heterocycles. The van der Waals surface area contributed by atoms with Crippen LogP contribution in [0.5, 0.6) is 11.5 Å². The lowest BCUT2D eigenvalue weighted by Crippen LogP contribution is -2.03. The van der Waals surface area contributed by atoms with Gasteiger partial charge in [0.25, 0.3) is 0 Å². The van der Waals surface area contributed by atoms with Crippen molar-refractivity contribution in [3.05, 3.63) is 36.8 Å². The molecule has 2 aromatic heterocycles. The third kappa shape index (κ3) is 2.40. The van der Waals surface area contributed by atoms with Gasteiger partial charge < -0.3 is 24.9 Å². The molecule has 0 aliphatic heterocycles. The summed E-state index contributed by atoms with van der Waals surface area (Å²) in [6, 6.07) is 5.46. The molecule has 0 fully saturated rings. The van der Waals surface area contributed by atoms with Crippen molar-refractivity contribution in [3.8, 4) is 11.5 Å². The zero-order chi connectivity index (χ0) is 14.8. The Kier molecular flexibility index (Phi) is 3.23. The number of nitrogens with two attached hydrogens (primary N) is 1. The van der Waals surface area contributed by atoms with Crippen molar-refractivity contribution in [2.24, 2.45) is 0 Å². The minimum absolute atomic E-state index is 0.393. The number of nitrogens with zero attached hydrogens (tertiary/aromatic N) is 3. The van der Waals surface area contributed by atoms with Crippen LogP contribution in [0.3, 0.4) is 0 Å². The zero-order valence-electron chi connectivity index (χ0n) is 11.7. The van der Waals surface area contributed by atoms with Gasteiger partial charge >= 0.3 is 0 Å². The molecule has 7 heteroatoms. The molecule has 0 amide bonds. The number of hydrogen-bond acceptors (Lipinski definition) is 6. The fourth-order valence-corrected chi connectivity index (χ4v) is 2.07. The molecule has 0 radical (unpaired) electrons. The van der Waals surface area contributed by atoms with Gasteiger partial charge in [0.15, 0.2) is 11.5 Å². The molecule has 1 aromatic carbocycles. The standard InChI is InChI=1S/C14H15N5O2/c1-20-9-3-4-11(21-2)10(7-9)17-13-14-16-5-6-19(14)8-12(15)18-13/h3-8H,15H2,1-2H3,(H,17,18). The fraction of sp³-hybridized carbons (Fsp3) is 0.143. The van der Waals surface area contributed by atoms with Crippen molar-refractivity contribution in [1.82, 2.24) is 14.4 Å². The van der Waals surface area contributed by atoms with Crippen LogP contribution >= 0.6 is 0 Å². The number of imidazole rings is 1. The van der Waals surface area contributed by atoms with E-state index in [4.69, 9.17) is 15.2 Å². The van der Waals surface area contributed by atoms with E-state index in [0.717, 1.165) is 5.69 Å². The van der Waals surface area contributed by atoms with E-state index in [1.54, 1.807) is 37.2 Å². The summed E-state index contributed by atoms with van der Waals surface area (Å²) in [4.78, 5) is 8.55. The lowest BCUT2D eigenvalue weighted by molar-refractivity contribution is 0.405. The quantitative estimate of drug-likeness (QED) is 0.763. The Morgan fingerprint density at radius 2 is 2.10 bits per heavy atom. The lowest BCUT2D eigenvalue weighted by Gasteiger charge is -2.13. The molecule has 108 valence electrons. The molecule has 0 spiro atoms. The van der Waals surface area contributed by atoms with Crippen LogP contribution in [-0.2, 0) is 0 Å². The number of rotatable bonds is 4. The van der Waals surface area contributed by atoms with E-state index in [-0.39, 0.29) is 0 Å². The van der Waals surface area contributed by atoms with E-state index in [0.29, 0.717) is 28.8 Å². The van der Waals surface area contributed by atoms with Crippen LogP contribution in [0, 0.1) is 0 Å². The highest BCUT2D eigenvalue weighted by Gasteiger charge is 2.10. The number of methoxy groups -OCH3 is 2. The van der Waals surface area contributed by atoms with Crippen molar-refractivity contribution >= 4 is 23.0 Å². The first kappa shape index (κ1) is 13.0. The molecule has 2 heterocycles. The first-order chi connectivity index (χ1) is 10.2. The van der Waals surface area contributed by atoms with Crippen LogP contribution in [0.2, 0.25) is 0 Å². The summed E-state index contributed by atoms with van der Waals surface area (Å²) in [7, 11) is 3.21. The topological polar surface area (TPSA) is 86.7 Å². The maximum Gasteiger partial charge on any atom is 0.180 e. The number of hydrogen-bond donors (Lipinski definition) is 2. The van der Waals surface area contributed by atoms with Crippen LogP contribution in [0.4, 0.5) is 17.3 Å². The monoisotopic (exact) mass is 285 g/mol. The SMILES string of the molecule is COc1ccc(OC)c(Nc2nc(N)cn3ccnc23)c1. The van der Waals surface area contributed by atoms with Crippen molar-refractivity contribution < 1.29 is 9.47 Å². The minimum atomic E-state index is 0.393. The van der Waals surface area contributed by atoms with Gasteiger partial charge in [-0.2, -0.15) is 0 Å². The Morgan fingerprint density at radius 3 is 2.86 bits per heavy atom. The highest BCUT2D eigenvalue weighted by molar-refractivity contribution is 5.75. The van der Waals surface area contributed by atoms with Gasteiger partial charge in [0.2, 0.25) is 0 Å². The van der Waals surface area contributed by atoms with Gasteiger partial charge in [0, 0.05) is 18.5 Å². The van der Waals surface area contributed by atoms with Gasteiger partial charge in [-0.25, -0.2) is 9.97 Å². The molecule has 0 atom stereocenters. The van der Waals surface area contributed by atoms with Gasteiger partial charge in [-0.15, -0.1) is 0 Å². The van der Waals surface area contributed by atoms with Gasteiger partial charge in [-0.3, -0.25) is 0 Å². The van der Waals surface area contributed by atoms with E-state index in [2.05, 4.69) is 15.3 Å². The van der Waals surface area contributed by atoms with Crippen molar-refractivity contribution in [2.45, 2.75) is 0 Å². The van der Waals surface area contributed by atoms with Crippen molar-refractivity contribution in [1.29, 1.82) is 0 Å². The Balaban J connectivity index is 2.07. The summed E-state index contributed by atoms with van der Waals surface area (Å²) >= 11 is 0. The fourth-order valence-electron chi connectivity index (χ4n) is 2.07. The van der Waals surface area contributed by atoms with Crippen molar-refractivity contribution in [2.75, 3.05) is 25.3 Å². The van der Waals surface area contributed by atoms with Gasteiger partial charge in [-0.1, -0.05) is 0 Å². The Bertz CT molecular complexity index is 784. The number of nitrogens with one attached hydrogen (secondary N) is 1. The summed E-state index contributed by atoms with van der Waals surface area (Å²) in [5.41, 5.74) is 7.21.